The Bertz CT molecular complexity index is 123. The van der Waals surface area contributed by atoms with Gasteiger partial charge in [0.25, 0.3) is 0 Å². The quantitative estimate of drug-likeness (QED) is 0.494. The van der Waals surface area contributed by atoms with Crippen molar-refractivity contribution in [2.24, 2.45) is 0 Å². The number of halogens is 1. The van der Waals surface area contributed by atoms with Crippen molar-refractivity contribution in [3.05, 3.63) is 0 Å². The fourth-order valence-corrected chi connectivity index (χ4v) is 0.989. The fraction of sp³-hybridized carbons (Fsp3) is 0.833. The zero-order valence-corrected chi connectivity index (χ0v) is 8.10. The molecule has 0 saturated carbocycles. The van der Waals surface area contributed by atoms with Gasteiger partial charge in [0.1, 0.15) is 4.87 Å². The fourth-order valence-electron chi connectivity index (χ4n) is 0.644. The molecule has 10 heavy (non-hydrogen) atoms. The molecule has 0 aliphatic carbocycles. The average Bonchev–Trinajstić information content (AvgIpc) is 2.01. The third kappa shape index (κ3) is 2.10. The number of alkyl halides is 1. The summed E-state index contributed by atoms with van der Waals surface area (Å²) in [4.78, 5) is 10.1. The van der Waals surface area contributed by atoms with Crippen LogP contribution >= 0.6 is 21.1 Å². The van der Waals surface area contributed by atoms with Crippen molar-refractivity contribution in [1.82, 2.24) is 0 Å². The van der Waals surface area contributed by atoms with Crippen molar-refractivity contribution in [1.29, 1.82) is 0 Å². The number of carbonyl (C=O) groups excluding carboxylic acids is 1. The second-order valence-electron chi connectivity index (χ2n) is 2.08. The predicted octanol–water partition coefficient (Wildman–Crippen LogP) is 2.12. The van der Waals surface area contributed by atoms with Crippen LogP contribution in [-0.2, 0) is 9.32 Å². The smallest absolute Gasteiger partial charge is 0.329 e. The highest BCUT2D eigenvalue weighted by Crippen LogP contribution is 2.26. The first-order valence-corrected chi connectivity index (χ1v) is 4.05. The Balaban J connectivity index is 4.17. The third-order valence-corrected chi connectivity index (χ3v) is 2.50. The van der Waals surface area contributed by atoms with Gasteiger partial charge in [0.2, 0.25) is 0 Å². The summed E-state index contributed by atoms with van der Waals surface area (Å²) in [6.07, 6.45) is 1.19. The summed E-state index contributed by atoms with van der Waals surface area (Å²) in [7, 11) is 1.91. The van der Waals surface area contributed by atoms with Crippen LogP contribution in [0.1, 0.15) is 26.7 Å². The van der Waals surface area contributed by atoms with E-state index in [4.69, 9.17) is 11.6 Å². The van der Waals surface area contributed by atoms with E-state index in [-0.39, 0.29) is 5.97 Å². The first-order valence-electron chi connectivity index (χ1n) is 3.20. The highest BCUT2D eigenvalue weighted by Gasteiger charge is 2.33. The summed E-state index contributed by atoms with van der Waals surface area (Å²) in [6, 6.07) is 0. The molecule has 0 spiro atoms. The molecule has 2 nitrogen and oxygen atoms in total. The standard InChI is InChI=1S/C6H12ClO2P/c1-3-6(7,4-2)5(8)9-10/h3-4,10H2,1-2H3. The summed E-state index contributed by atoms with van der Waals surface area (Å²) in [5.74, 6) is -0.371. The molecule has 0 saturated heterocycles. The molecular formula is C6H12ClO2P. The Hall–Kier alpha value is 0.190. The predicted molar refractivity (Wildman–Crippen MR) is 45.0 cm³/mol. The summed E-state index contributed by atoms with van der Waals surface area (Å²) < 4.78 is 4.44. The Morgan fingerprint density at radius 1 is 1.60 bits per heavy atom. The van der Waals surface area contributed by atoms with Crippen molar-refractivity contribution in [3.8, 4) is 0 Å². The van der Waals surface area contributed by atoms with E-state index in [2.05, 4.69) is 4.52 Å². The van der Waals surface area contributed by atoms with Crippen LogP contribution in [0.15, 0.2) is 0 Å². The van der Waals surface area contributed by atoms with Gasteiger partial charge < -0.3 is 4.52 Å². The van der Waals surface area contributed by atoms with Crippen molar-refractivity contribution in [3.63, 3.8) is 0 Å². The lowest BCUT2D eigenvalue weighted by atomic mass is 10.0. The molecule has 0 aromatic rings. The molecule has 0 amide bonds. The molecule has 60 valence electrons. The van der Waals surface area contributed by atoms with Gasteiger partial charge in [-0.2, -0.15) is 0 Å². The maximum atomic E-state index is 10.9. The highest BCUT2D eigenvalue weighted by molar-refractivity contribution is 7.10. The first kappa shape index (κ1) is 10.2. The summed E-state index contributed by atoms with van der Waals surface area (Å²) in [5, 5.41) is 0. The average molecular weight is 183 g/mol. The van der Waals surface area contributed by atoms with Crippen molar-refractivity contribution >= 4 is 27.0 Å². The monoisotopic (exact) mass is 182 g/mol. The summed E-state index contributed by atoms with van der Waals surface area (Å²) >= 11 is 5.87. The second-order valence-corrected chi connectivity index (χ2v) is 3.04. The third-order valence-electron chi connectivity index (χ3n) is 1.59. The van der Waals surface area contributed by atoms with E-state index in [9.17, 15) is 4.79 Å². The summed E-state index contributed by atoms with van der Waals surface area (Å²) in [5.41, 5.74) is 0. The minimum Gasteiger partial charge on any atom is -0.450 e. The number of carbonyl (C=O) groups is 1. The zero-order valence-electron chi connectivity index (χ0n) is 6.19. The van der Waals surface area contributed by atoms with Gasteiger partial charge in [0.15, 0.2) is 0 Å². The molecule has 1 atom stereocenters. The van der Waals surface area contributed by atoms with E-state index < -0.39 is 4.87 Å². The lowest BCUT2D eigenvalue weighted by Gasteiger charge is -2.19. The molecule has 0 aliphatic heterocycles. The molecule has 0 radical (unpaired) electrons. The van der Waals surface area contributed by atoms with Gasteiger partial charge in [-0.25, -0.2) is 4.79 Å². The molecule has 4 heteroatoms. The number of hydrogen-bond donors (Lipinski definition) is 0. The second kappa shape index (κ2) is 4.15. The Morgan fingerprint density at radius 2 is 2.00 bits per heavy atom. The minimum absolute atomic E-state index is 0.371. The number of rotatable bonds is 3. The van der Waals surface area contributed by atoms with Crippen LogP contribution in [0.4, 0.5) is 0 Å². The molecule has 0 N–H and O–H groups in total. The van der Waals surface area contributed by atoms with Crippen LogP contribution in [0.2, 0.25) is 0 Å². The molecule has 1 unspecified atom stereocenters. The van der Waals surface area contributed by atoms with Gasteiger partial charge in [-0.05, 0) is 12.8 Å². The van der Waals surface area contributed by atoms with Gasteiger partial charge in [-0.15, -0.1) is 11.6 Å². The minimum atomic E-state index is -0.818. The van der Waals surface area contributed by atoms with E-state index in [1.165, 1.54) is 0 Å². The Morgan fingerprint density at radius 3 is 2.10 bits per heavy atom. The van der Waals surface area contributed by atoms with Crippen molar-refractivity contribution in [2.45, 2.75) is 31.6 Å². The zero-order chi connectivity index (χ0) is 8.20. The number of hydrogen-bond acceptors (Lipinski definition) is 2. The van der Waals surface area contributed by atoms with Crippen molar-refractivity contribution in [2.75, 3.05) is 0 Å². The SMILES string of the molecule is CCC(Cl)(CC)C(=O)OP. The Kier molecular flexibility index (Phi) is 4.23. The normalized spacial score (nSPS) is 11.2. The van der Waals surface area contributed by atoms with Gasteiger partial charge >= 0.3 is 5.97 Å². The first-order chi connectivity index (χ1) is 4.60. The molecule has 0 aliphatic rings. The van der Waals surface area contributed by atoms with E-state index >= 15 is 0 Å². The molecule has 0 aromatic carbocycles. The van der Waals surface area contributed by atoms with Gasteiger partial charge in [0.05, 0.1) is 9.47 Å². The topological polar surface area (TPSA) is 26.3 Å². The maximum absolute atomic E-state index is 10.9. The van der Waals surface area contributed by atoms with Crippen LogP contribution in [0, 0.1) is 0 Å². The molecule has 0 fully saturated rings. The van der Waals surface area contributed by atoms with Gasteiger partial charge in [0, 0.05) is 0 Å². The highest BCUT2D eigenvalue weighted by atomic mass is 35.5. The maximum Gasteiger partial charge on any atom is 0.329 e. The van der Waals surface area contributed by atoms with Gasteiger partial charge in [-0.1, -0.05) is 13.8 Å². The molecule has 0 heterocycles. The van der Waals surface area contributed by atoms with Crippen LogP contribution in [-0.4, -0.2) is 10.8 Å². The lowest BCUT2D eigenvalue weighted by Crippen LogP contribution is -2.30. The molecule has 0 aromatic heterocycles. The molecular weight excluding hydrogens is 170 g/mol. The van der Waals surface area contributed by atoms with E-state index in [1.807, 2.05) is 23.3 Å². The van der Waals surface area contributed by atoms with E-state index in [1.54, 1.807) is 0 Å². The Labute approximate surface area is 68.6 Å². The summed E-state index contributed by atoms with van der Waals surface area (Å²) in [6.45, 7) is 3.72. The molecule has 0 bridgehead atoms. The van der Waals surface area contributed by atoms with E-state index in [0.29, 0.717) is 12.8 Å². The largest absolute Gasteiger partial charge is 0.450 e. The molecule has 0 rings (SSSR count). The van der Waals surface area contributed by atoms with Gasteiger partial charge in [-0.3, -0.25) is 0 Å². The van der Waals surface area contributed by atoms with Crippen molar-refractivity contribution < 1.29 is 9.32 Å². The van der Waals surface area contributed by atoms with Crippen LogP contribution in [0.3, 0.4) is 0 Å². The van der Waals surface area contributed by atoms with Crippen LogP contribution in [0.25, 0.3) is 0 Å². The van der Waals surface area contributed by atoms with E-state index in [0.717, 1.165) is 0 Å². The van der Waals surface area contributed by atoms with Crippen LogP contribution < -0.4 is 0 Å². The lowest BCUT2D eigenvalue weighted by molar-refractivity contribution is -0.136. The van der Waals surface area contributed by atoms with Crippen LogP contribution in [0.5, 0.6) is 0 Å².